The van der Waals surface area contributed by atoms with Crippen LogP contribution < -0.4 is 0 Å². The van der Waals surface area contributed by atoms with Crippen molar-refractivity contribution in [1.82, 2.24) is 19.6 Å². The highest BCUT2D eigenvalue weighted by Crippen LogP contribution is 2.33. The maximum absolute atomic E-state index is 12.8. The summed E-state index contributed by atoms with van der Waals surface area (Å²) in [4.78, 5) is 19.5. The molecular weight excluding hydrogens is 313 g/mol. The van der Waals surface area contributed by atoms with Crippen molar-refractivity contribution in [2.45, 2.75) is 24.9 Å². The van der Waals surface area contributed by atoms with E-state index >= 15 is 0 Å². The highest BCUT2D eigenvalue weighted by atomic mass is 19.4. The first-order valence-electron chi connectivity index (χ1n) is 6.82. The van der Waals surface area contributed by atoms with Gasteiger partial charge < -0.3 is 4.42 Å². The van der Waals surface area contributed by atoms with Gasteiger partial charge in [0.25, 0.3) is 11.6 Å². The molecule has 0 aliphatic heterocycles. The molecule has 0 spiro atoms. The Morgan fingerprint density at radius 1 is 1.30 bits per heavy atom. The van der Waals surface area contributed by atoms with Crippen LogP contribution in [0.2, 0.25) is 0 Å². The standard InChI is InChI=1S/C14H9F3N4O2/c15-14(16,17)12-19-13-18-6-8-9(21(13)20-12)4-7(5-10(8)22)11-2-1-3-23-11/h1-3,6-7H,4-5H2. The van der Waals surface area contributed by atoms with Crippen LogP contribution in [0.5, 0.6) is 0 Å². The van der Waals surface area contributed by atoms with Crippen molar-refractivity contribution in [2.75, 3.05) is 0 Å². The Bertz CT molecular complexity index is 899. The van der Waals surface area contributed by atoms with E-state index in [1.54, 1.807) is 12.1 Å². The molecule has 0 fully saturated rings. The topological polar surface area (TPSA) is 73.3 Å². The number of rotatable bonds is 1. The first-order chi connectivity index (χ1) is 10.9. The second-order valence-corrected chi connectivity index (χ2v) is 5.31. The molecule has 0 bridgehead atoms. The Morgan fingerprint density at radius 3 is 2.83 bits per heavy atom. The number of carbonyl (C=O) groups is 1. The molecule has 4 rings (SSSR count). The number of Topliss-reactive ketones (excluding diaryl/α,β-unsaturated/α-hetero) is 1. The van der Waals surface area contributed by atoms with E-state index in [2.05, 4.69) is 15.1 Å². The fraction of sp³-hybridized carbons (Fsp3) is 0.286. The molecule has 0 saturated heterocycles. The molecule has 23 heavy (non-hydrogen) atoms. The minimum Gasteiger partial charge on any atom is -0.469 e. The Hall–Kier alpha value is -2.71. The Balaban J connectivity index is 1.86. The first kappa shape index (κ1) is 13.9. The van der Waals surface area contributed by atoms with Crippen LogP contribution in [0, 0.1) is 0 Å². The summed E-state index contributed by atoms with van der Waals surface area (Å²) in [6.45, 7) is 0. The molecule has 1 aliphatic rings. The molecule has 0 aromatic carbocycles. The van der Waals surface area contributed by atoms with Gasteiger partial charge in [-0.1, -0.05) is 0 Å². The normalized spacial score (nSPS) is 18.4. The average Bonchev–Trinajstić information content (AvgIpc) is 3.16. The number of hydrogen-bond acceptors (Lipinski definition) is 5. The molecule has 9 heteroatoms. The number of carbonyl (C=O) groups excluding carboxylic acids is 1. The number of alkyl halides is 3. The molecule has 3 heterocycles. The second kappa shape index (κ2) is 4.64. The van der Waals surface area contributed by atoms with E-state index in [4.69, 9.17) is 4.42 Å². The van der Waals surface area contributed by atoms with Crippen molar-refractivity contribution in [3.8, 4) is 0 Å². The predicted octanol–water partition coefficient (Wildman–Crippen LogP) is 2.65. The van der Waals surface area contributed by atoms with Gasteiger partial charge in [0.2, 0.25) is 0 Å². The van der Waals surface area contributed by atoms with Crippen molar-refractivity contribution >= 4 is 11.6 Å². The molecule has 1 atom stereocenters. The van der Waals surface area contributed by atoms with Gasteiger partial charge in [-0.2, -0.15) is 18.2 Å². The van der Waals surface area contributed by atoms with Gasteiger partial charge >= 0.3 is 6.18 Å². The minimum absolute atomic E-state index is 0.177. The van der Waals surface area contributed by atoms with Crippen LogP contribution in [0.4, 0.5) is 13.2 Å². The van der Waals surface area contributed by atoms with Gasteiger partial charge in [-0.25, -0.2) is 9.50 Å². The summed E-state index contributed by atoms with van der Waals surface area (Å²) in [7, 11) is 0. The van der Waals surface area contributed by atoms with E-state index in [0.717, 1.165) is 4.52 Å². The third-order valence-electron chi connectivity index (χ3n) is 3.84. The van der Waals surface area contributed by atoms with E-state index in [0.29, 0.717) is 17.9 Å². The predicted molar refractivity (Wildman–Crippen MR) is 69.9 cm³/mol. The van der Waals surface area contributed by atoms with Gasteiger partial charge in [-0.05, 0) is 12.1 Å². The Morgan fingerprint density at radius 2 is 2.13 bits per heavy atom. The number of furan rings is 1. The van der Waals surface area contributed by atoms with Gasteiger partial charge in [-0.3, -0.25) is 4.79 Å². The lowest BCUT2D eigenvalue weighted by Crippen LogP contribution is -2.22. The quantitative estimate of drug-likeness (QED) is 0.688. The lowest BCUT2D eigenvalue weighted by molar-refractivity contribution is -0.144. The van der Waals surface area contributed by atoms with Crippen LogP contribution in [0.15, 0.2) is 29.0 Å². The maximum atomic E-state index is 12.8. The number of hydrogen-bond donors (Lipinski definition) is 0. The van der Waals surface area contributed by atoms with Crippen molar-refractivity contribution in [3.63, 3.8) is 0 Å². The molecule has 0 radical (unpaired) electrons. The minimum atomic E-state index is -4.67. The van der Waals surface area contributed by atoms with E-state index in [1.807, 2.05) is 0 Å². The van der Waals surface area contributed by atoms with Crippen LogP contribution in [0.1, 0.15) is 40.0 Å². The zero-order valence-electron chi connectivity index (χ0n) is 11.5. The average molecular weight is 322 g/mol. The first-order valence-corrected chi connectivity index (χ1v) is 6.82. The summed E-state index contributed by atoms with van der Waals surface area (Å²) in [5, 5.41) is 3.48. The SMILES string of the molecule is O=C1CC(c2ccco2)Cc2c1cnc1nc(C(F)(F)F)nn21. The largest absolute Gasteiger partial charge is 0.469 e. The van der Waals surface area contributed by atoms with Crippen LogP contribution >= 0.6 is 0 Å². The zero-order valence-corrected chi connectivity index (χ0v) is 11.5. The summed E-state index contributed by atoms with van der Waals surface area (Å²) in [6.07, 6.45) is -1.36. The van der Waals surface area contributed by atoms with Crippen LogP contribution in [-0.4, -0.2) is 25.4 Å². The van der Waals surface area contributed by atoms with Gasteiger partial charge in [0.05, 0.1) is 17.5 Å². The van der Waals surface area contributed by atoms with Gasteiger partial charge in [0.1, 0.15) is 5.76 Å². The van der Waals surface area contributed by atoms with E-state index < -0.39 is 12.0 Å². The number of fused-ring (bicyclic) bond motifs is 3. The molecule has 118 valence electrons. The van der Waals surface area contributed by atoms with Crippen LogP contribution in [0.3, 0.4) is 0 Å². The molecule has 3 aromatic heterocycles. The van der Waals surface area contributed by atoms with Crippen molar-refractivity contribution in [1.29, 1.82) is 0 Å². The molecule has 0 amide bonds. The highest BCUT2D eigenvalue weighted by molar-refractivity contribution is 5.98. The third kappa shape index (κ3) is 2.19. The summed E-state index contributed by atoms with van der Waals surface area (Å²) < 4.78 is 44.7. The van der Waals surface area contributed by atoms with Crippen molar-refractivity contribution in [2.24, 2.45) is 0 Å². The fourth-order valence-electron chi connectivity index (χ4n) is 2.79. The lowest BCUT2D eigenvalue weighted by Gasteiger charge is -2.21. The molecule has 0 saturated carbocycles. The molecule has 6 nitrogen and oxygen atoms in total. The lowest BCUT2D eigenvalue weighted by atomic mass is 9.85. The Kier molecular flexibility index (Phi) is 2.81. The maximum Gasteiger partial charge on any atom is 0.453 e. The van der Waals surface area contributed by atoms with Crippen molar-refractivity contribution < 1.29 is 22.4 Å². The van der Waals surface area contributed by atoms with E-state index in [1.165, 1.54) is 12.5 Å². The molecule has 0 N–H and O–H groups in total. The summed E-state index contributed by atoms with van der Waals surface area (Å²) in [5.74, 6) is -1.28. The molecule has 1 unspecified atom stereocenters. The Labute approximate surface area is 127 Å². The monoisotopic (exact) mass is 322 g/mol. The third-order valence-corrected chi connectivity index (χ3v) is 3.84. The number of ketones is 1. The van der Waals surface area contributed by atoms with E-state index in [9.17, 15) is 18.0 Å². The molecule has 3 aromatic rings. The molecular formula is C14H9F3N4O2. The number of halogens is 3. The zero-order chi connectivity index (χ0) is 16.2. The van der Waals surface area contributed by atoms with Crippen molar-refractivity contribution in [3.05, 3.63) is 47.4 Å². The van der Waals surface area contributed by atoms with Gasteiger partial charge in [-0.15, -0.1) is 5.10 Å². The summed E-state index contributed by atoms with van der Waals surface area (Å²) >= 11 is 0. The summed E-state index contributed by atoms with van der Waals surface area (Å²) in [5.41, 5.74) is 0.648. The second-order valence-electron chi connectivity index (χ2n) is 5.31. The smallest absolute Gasteiger partial charge is 0.453 e. The number of aromatic nitrogens is 4. The van der Waals surface area contributed by atoms with Crippen LogP contribution in [-0.2, 0) is 12.6 Å². The molecule has 1 aliphatic carbocycles. The van der Waals surface area contributed by atoms with E-state index in [-0.39, 0.29) is 29.5 Å². The fourth-order valence-corrected chi connectivity index (χ4v) is 2.79. The number of nitrogens with zero attached hydrogens (tertiary/aromatic N) is 4. The summed E-state index contributed by atoms with van der Waals surface area (Å²) in [6, 6.07) is 3.44. The van der Waals surface area contributed by atoms with Crippen LogP contribution in [0.25, 0.3) is 5.78 Å². The van der Waals surface area contributed by atoms with Gasteiger partial charge in [0, 0.05) is 25.0 Å². The highest BCUT2D eigenvalue weighted by Gasteiger charge is 2.38. The van der Waals surface area contributed by atoms with Gasteiger partial charge in [0.15, 0.2) is 5.78 Å².